The van der Waals surface area contributed by atoms with Gasteiger partial charge in [0.05, 0.1) is 17.2 Å². The zero-order chi connectivity index (χ0) is 17.1. The van der Waals surface area contributed by atoms with Crippen LogP contribution in [0.3, 0.4) is 0 Å². The summed E-state index contributed by atoms with van der Waals surface area (Å²) in [6.07, 6.45) is 8.43. The third-order valence-corrected chi connectivity index (χ3v) is 5.64. The summed E-state index contributed by atoms with van der Waals surface area (Å²) in [6.45, 7) is 3.74. The van der Waals surface area contributed by atoms with Gasteiger partial charge in [0.2, 0.25) is 0 Å². The molecule has 4 rings (SSSR count). The molecule has 1 aromatic heterocycles. The van der Waals surface area contributed by atoms with E-state index in [-0.39, 0.29) is 0 Å². The van der Waals surface area contributed by atoms with Crippen molar-refractivity contribution in [3.63, 3.8) is 0 Å². The molecule has 1 N–H and O–H groups in total. The number of nitrogens with zero attached hydrogens (tertiary/aromatic N) is 4. The highest BCUT2D eigenvalue weighted by molar-refractivity contribution is 7.80. The molecule has 2 fully saturated rings. The van der Waals surface area contributed by atoms with Gasteiger partial charge in [-0.3, -0.25) is 4.98 Å². The number of para-hydroxylation sites is 2. The van der Waals surface area contributed by atoms with Crippen molar-refractivity contribution < 1.29 is 0 Å². The lowest BCUT2D eigenvalue weighted by atomic mass is 9.96. The molecule has 132 valence electrons. The second-order valence-electron chi connectivity index (χ2n) is 6.98. The van der Waals surface area contributed by atoms with Gasteiger partial charge in [0.1, 0.15) is 5.82 Å². The zero-order valence-electron chi connectivity index (χ0n) is 14.5. The Balaban J connectivity index is 1.34. The van der Waals surface area contributed by atoms with Crippen LogP contribution < -0.4 is 10.2 Å². The molecule has 6 heteroatoms. The van der Waals surface area contributed by atoms with E-state index in [0.29, 0.717) is 6.04 Å². The lowest BCUT2D eigenvalue weighted by molar-refractivity contribution is 0.354. The first-order valence-corrected chi connectivity index (χ1v) is 9.72. The molecule has 1 aliphatic carbocycles. The predicted octanol–water partition coefficient (Wildman–Crippen LogP) is 2.96. The molecule has 1 saturated carbocycles. The van der Waals surface area contributed by atoms with Gasteiger partial charge in [-0.05, 0) is 37.2 Å². The molecule has 5 nitrogen and oxygen atoms in total. The first-order valence-electron chi connectivity index (χ1n) is 9.32. The van der Waals surface area contributed by atoms with Gasteiger partial charge in [-0.1, -0.05) is 31.4 Å². The summed E-state index contributed by atoms with van der Waals surface area (Å²) in [6, 6.07) is 8.60. The van der Waals surface area contributed by atoms with E-state index in [9.17, 15) is 0 Å². The number of fused-ring (bicyclic) bond motifs is 1. The summed E-state index contributed by atoms with van der Waals surface area (Å²) in [5.41, 5.74) is 1.90. The Morgan fingerprint density at radius 1 is 1.00 bits per heavy atom. The quantitative estimate of drug-likeness (QED) is 0.836. The largest absolute Gasteiger partial charge is 0.360 e. The zero-order valence-corrected chi connectivity index (χ0v) is 15.3. The van der Waals surface area contributed by atoms with Crippen molar-refractivity contribution in [2.24, 2.45) is 0 Å². The van der Waals surface area contributed by atoms with Crippen molar-refractivity contribution in [1.82, 2.24) is 20.2 Å². The van der Waals surface area contributed by atoms with Gasteiger partial charge in [-0.15, -0.1) is 0 Å². The predicted molar refractivity (Wildman–Crippen MR) is 106 cm³/mol. The highest BCUT2D eigenvalue weighted by atomic mass is 32.1. The van der Waals surface area contributed by atoms with Crippen LogP contribution in [0.5, 0.6) is 0 Å². The van der Waals surface area contributed by atoms with Crippen LogP contribution in [-0.4, -0.2) is 52.2 Å². The summed E-state index contributed by atoms with van der Waals surface area (Å²) in [4.78, 5) is 13.9. The van der Waals surface area contributed by atoms with E-state index >= 15 is 0 Å². The number of anilines is 1. The van der Waals surface area contributed by atoms with Gasteiger partial charge in [0, 0.05) is 32.2 Å². The minimum absolute atomic E-state index is 0.575. The highest BCUT2D eigenvalue weighted by Gasteiger charge is 2.22. The third kappa shape index (κ3) is 3.84. The summed E-state index contributed by atoms with van der Waals surface area (Å²) >= 11 is 5.64. The maximum Gasteiger partial charge on any atom is 0.169 e. The van der Waals surface area contributed by atoms with E-state index < -0.39 is 0 Å². The molecule has 0 atom stereocenters. The molecule has 0 spiro atoms. The topological polar surface area (TPSA) is 44.3 Å². The van der Waals surface area contributed by atoms with E-state index in [1.165, 1.54) is 32.1 Å². The van der Waals surface area contributed by atoms with E-state index in [4.69, 9.17) is 17.2 Å². The number of rotatable bonds is 2. The Kier molecular flexibility index (Phi) is 4.97. The van der Waals surface area contributed by atoms with Crippen molar-refractivity contribution in [3.05, 3.63) is 30.5 Å². The number of hydrogen-bond donors (Lipinski definition) is 1. The van der Waals surface area contributed by atoms with Crippen LogP contribution in [0.2, 0.25) is 0 Å². The molecule has 0 bridgehead atoms. The van der Waals surface area contributed by atoms with Crippen molar-refractivity contribution in [2.45, 2.75) is 38.1 Å². The molecule has 25 heavy (non-hydrogen) atoms. The van der Waals surface area contributed by atoms with Crippen molar-refractivity contribution in [1.29, 1.82) is 0 Å². The van der Waals surface area contributed by atoms with Crippen LogP contribution in [0, 0.1) is 0 Å². The molecule has 0 radical (unpaired) electrons. The van der Waals surface area contributed by atoms with Crippen molar-refractivity contribution >= 4 is 34.2 Å². The number of piperazine rings is 1. The van der Waals surface area contributed by atoms with E-state index in [2.05, 4.69) is 20.1 Å². The van der Waals surface area contributed by atoms with E-state index in [1.807, 2.05) is 30.5 Å². The van der Waals surface area contributed by atoms with Crippen LogP contribution >= 0.6 is 12.2 Å². The molecule has 2 aromatic rings. The third-order valence-electron chi connectivity index (χ3n) is 5.26. The molecular formula is C19H25N5S. The van der Waals surface area contributed by atoms with E-state index in [0.717, 1.165) is 48.1 Å². The SMILES string of the molecule is S=C(NC1CCCCC1)N1CCN(c2cnc3ccccc3n2)CC1. The number of aromatic nitrogens is 2. The van der Waals surface area contributed by atoms with E-state index in [1.54, 1.807) is 0 Å². The average molecular weight is 356 g/mol. The van der Waals surface area contributed by atoms with Gasteiger partial charge in [0.25, 0.3) is 0 Å². The summed E-state index contributed by atoms with van der Waals surface area (Å²) < 4.78 is 0. The van der Waals surface area contributed by atoms with Crippen LogP contribution in [0.4, 0.5) is 5.82 Å². The smallest absolute Gasteiger partial charge is 0.169 e. The number of nitrogens with one attached hydrogen (secondary N) is 1. The lowest BCUT2D eigenvalue weighted by Gasteiger charge is -2.38. The Morgan fingerprint density at radius 2 is 1.72 bits per heavy atom. The van der Waals surface area contributed by atoms with Crippen molar-refractivity contribution in [3.8, 4) is 0 Å². The first kappa shape index (κ1) is 16.5. The second-order valence-corrected chi connectivity index (χ2v) is 7.36. The fourth-order valence-corrected chi connectivity index (χ4v) is 4.10. The number of thiocarbonyl (C=S) groups is 1. The summed E-state index contributed by atoms with van der Waals surface area (Å²) in [5, 5.41) is 4.51. The van der Waals surface area contributed by atoms with Crippen LogP contribution in [0.25, 0.3) is 11.0 Å². The highest BCUT2D eigenvalue weighted by Crippen LogP contribution is 2.19. The normalized spacial score (nSPS) is 19.2. The molecule has 0 unspecified atom stereocenters. The molecular weight excluding hydrogens is 330 g/mol. The number of hydrogen-bond acceptors (Lipinski definition) is 4. The van der Waals surface area contributed by atoms with Gasteiger partial charge < -0.3 is 15.1 Å². The molecule has 2 aliphatic rings. The Bertz CT molecular complexity index is 735. The molecule has 1 aliphatic heterocycles. The lowest BCUT2D eigenvalue weighted by Crippen LogP contribution is -2.53. The second kappa shape index (κ2) is 7.52. The summed E-state index contributed by atoms with van der Waals surface area (Å²) in [7, 11) is 0. The maximum absolute atomic E-state index is 5.64. The molecule has 2 heterocycles. The monoisotopic (exact) mass is 355 g/mol. The Hall–Kier alpha value is -1.95. The summed E-state index contributed by atoms with van der Waals surface area (Å²) in [5.74, 6) is 0.963. The fourth-order valence-electron chi connectivity index (χ4n) is 3.75. The minimum Gasteiger partial charge on any atom is -0.360 e. The maximum atomic E-state index is 5.64. The molecule has 1 saturated heterocycles. The van der Waals surface area contributed by atoms with Crippen LogP contribution in [-0.2, 0) is 0 Å². The van der Waals surface area contributed by atoms with Gasteiger partial charge in [-0.2, -0.15) is 0 Å². The van der Waals surface area contributed by atoms with Gasteiger partial charge in [0.15, 0.2) is 5.11 Å². The minimum atomic E-state index is 0.575. The van der Waals surface area contributed by atoms with Gasteiger partial charge in [-0.25, -0.2) is 4.98 Å². The van der Waals surface area contributed by atoms with Gasteiger partial charge >= 0.3 is 0 Å². The first-order chi connectivity index (χ1) is 12.3. The Labute approximate surface area is 154 Å². The number of benzene rings is 1. The standard InChI is InChI=1S/C19H25N5S/c25-19(21-15-6-2-1-3-7-15)24-12-10-23(11-13-24)18-14-20-16-8-4-5-9-17(16)22-18/h4-5,8-9,14-15H,1-3,6-7,10-13H2,(H,21,25). The van der Waals surface area contributed by atoms with Crippen LogP contribution in [0.1, 0.15) is 32.1 Å². The fraction of sp³-hybridized carbons (Fsp3) is 0.526. The average Bonchev–Trinajstić information content (AvgIpc) is 2.68. The molecule has 0 amide bonds. The molecule has 1 aromatic carbocycles. The van der Waals surface area contributed by atoms with Crippen LogP contribution in [0.15, 0.2) is 30.5 Å². The Morgan fingerprint density at radius 3 is 2.48 bits per heavy atom. The van der Waals surface area contributed by atoms with Crippen molar-refractivity contribution in [2.75, 3.05) is 31.1 Å².